The molecule has 0 fully saturated rings. The summed E-state index contributed by atoms with van der Waals surface area (Å²) in [6.45, 7) is 13.9. The number of nitrogens with zero attached hydrogens (tertiary/aromatic N) is 1. The molecule has 1 amide bonds. The monoisotopic (exact) mass is 320 g/mol. The number of nitrogens with one attached hydrogen (secondary N) is 1. The van der Waals surface area contributed by atoms with Gasteiger partial charge in [-0.1, -0.05) is 43.6 Å². The highest BCUT2D eigenvalue weighted by molar-refractivity contribution is 9.10. The fourth-order valence-electron chi connectivity index (χ4n) is 1.86. The molecule has 1 N–H and O–H groups in total. The lowest BCUT2D eigenvalue weighted by atomic mass is 10.1. The van der Waals surface area contributed by atoms with Gasteiger partial charge in [0.05, 0.1) is 4.83 Å². The zero-order valence-corrected chi connectivity index (χ0v) is 14.1. The fourth-order valence-corrected chi connectivity index (χ4v) is 1.99. The highest BCUT2D eigenvalue weighted by Gasteiger charge is 2.19. The predicted molar refractivity (Wildman–Crippen MR) is 82.2 cm³/mol. The van der Waals surface area contributed by atoms with Gasteiger partial charge in [-0.3, -0.25) is 4.79 Å². The third-order valence-electron chi connectivity index (χ3n) is 3.23. The standard InChI is InChI=1S/C14H29BrN2O/c1-6-17(7-2)10-8-9-12(5)16-14(18)13(15)11(3)4/h11-13H,6-10H2,1-5H3,(H,16,18). The zero-order chi connectivity index (χ0) is 14.1. The first kappa shape index (κ1) is 17.9. The van der Waals surface area contributed by atoms with Gasteiger partial charge >= 0.3 is 0 Å². The Kier molecular flexibility index (Phi) is 9.74. The van der Waals surface area contributed by atoms with Crippen LogP contribution in [0.2, 0.25) is 0 Å². The smallest absolute Gasteiger partial charge is 0.234 e. The second-order valence-corrected chi connectivity index (χ2v) is 6.21. The molecule has 0 aliphatic rings. The Morgan fingerprint density at radius 1 is 1.22 bits per heavy atom. The molecule has 0 aromatic carbocycles. The second kappa shape index (κ2) is 9.79. The maximum Gasteiger partial charge on any atom is 0.234 e. The van der Waals surface area contributed by atoms with Crippen molar-refractivity contribution in [2.75, 3.05) is 19.6 Å². The molecule has 0 radical (unpaired) electrons. The Balaban J connectivity index is 3.83. The number of rotatable bonds is 9. The summed E-state index contributed by atoms with van der Waals surface area (Å²) in [5.74, 6) is 0.438. The summed E-state index contributed by atoms with van der Waals surface area (Å²) in [5.41, 5.74) is 0. The maximum absolute atomic E-state index is 11.8. The van der Waals surface area contributed by atoms with Gasteiger partial charge in [0.25, 0.3) is 0 Å². The van der Waals surface area contributed by atoms with Crippen molar-refractivity contribution in [1.82, 2.24) is 10.2 Å². The van der Waals surface area contributed by atoms with E-state index in [9.17, 15) is 4.79 Å². The SMILES string of the molecule is CCN(CC)CCCC(C)NC(=O)C(Br)C(C)C. The van der Waals surface area contributed by atoms with Gasteiger partial charge in [0, 0.05) is 6.04 Å². The first-order chi connectivity index (χ1) is 8.42. The van der Waals surface area contributed by atoms with E-state index in [2.05, 4.69) is 46.9 Å². The third-order valence-corrected chi connectivity index (χ3v) is 4.70. The maximum atomic E-state index is 11.8. The normalized spacial score (nSPS) is 14.9. The third kappa shape index (κ3) is 7.37. The van der Waals surface area contributed by atoms with Gasteiger partial charge in [-0.2, -0.15) is 0 Å². The minimum Gasteiger partial charge on any atom is -0.353 e. The first-order valence-corrected chi connectivity index (χ1v) is 8.00. The Hall–Kier alpha value is -0.0900. The lowest BCUT2D eigenvalue weighted by molar-refractivity contribution is -0.121. The van der Waals surface area contributed by atoms with Gasteiger partial charge in [-0.15, -0.1) is 0 Å². The van der Waals surface area contributed by atoms with E-state index in [1.807, 2.05) is 13.8 Å². The van der Waals surface area contributed by atoms with E-state index in [-0.39, 0.29) is 16.8 Å². The molecule has 2 unspecified atom stereocenters. The van der Waals surface area contributed by atoms with Crippen LogP contribution in [0.4, 0.5) is 0 Å². The van der Waals surface area contributed by atoms with Crippen LogP contribution >= 0.6 is 15.9 Å². The first-order valence-electron chi connectivity index (χ1n) is 7.09. The van der Waals surface area contributed by atoms with Crippen molar-refractivity contribution >= 4 is 21.8 Å². The van der Waals surface area contributed by atoms with Crippen LogP contribution in [0.3, 0.4) is 0 Å². The molecular formula is C14H29BrN2O. The molecule has 0 bridgehead atoms. The van der Waals surface area contributed by atoms with E-state index in [1.54, 1.807) is 0 Å². The molecule has 0 aliphatic carbocycles. The van der Waals surface area contributed by atoms with E-state index in [4.69, 9.17) is 0 Å². The van der Waals surface area contributed by atoms with Crippen LogP contribution in [0.1, 0.15) is 47.5 Å². The van der Waals surface area contributed by atoms with Gasteiger partial charge < -0.3 is 10.2 Å². The van der Waals surface area contributed by atoms with Crippen molar-refractivity contribution in [1.29, 1.82) is 0 Å². The summed E-state index contributed by atoms with van der Waals surface area (Å²) in [5, 5.41) is 3.07. The summed E-state index contributed by atoms with van der Waals surface area (Å²) >= 11 is 3.43. The molecule has 0 aliphatic heterocycles. The van der Waals surface area contributed by atoms with Crippen molar-refractivity contribution in [2.45, 2.75) is 58.3 Å². The predicted octanol–water partition coefficient (Wildman–Crippen LogP) is 3.03. The highest BCUT2D eigenvalue weighted by Crippen LogP contribution is 2.12. The largest absolute Gasteiger partial charge is 0.353 e. The van der Waals surface area contributed by atoms with Gasteiger partial charge in [-0.05, 0) is 45.3 Å². The molecule has 2 atom stereocenters. The molecule has 18 heavy (non-hydrogen) atoms. The number of alkyl halides is 1. The zero-order valence-electron chi connectivity index (χ0n) is 12.5. The van der Waals surface area contributed by atoms with Crippen molar-refractivity contribution in [3.63, 3.8) is 0 Å². The lowest BCUT2D eigenvalue weighted by Gasteiger charge is -2.21. The van der Waals surface area contributed by atoms with E-state index in [0.29, 0.717) is 5.92 Å². The minimum absolute atomic E-state index is 0.0808. The number of carbonyl (C=O) groups excluding carboxylic acids is 1. The number of halogens is 1. The van der Waals surface area contributed by atoms with Gasteiger partial charge in [0.15, 0.2) is 0 Å². The average molecular weight is 321 g/mol. The lowest BCUT2D eigenvalue weighted by Crippen LogP contribution is -2.40. The van der Waals surface area contributed by atoms with Crippen LogP contribution in [0, 0.1) is 5.92 Å². The molecule has 0 saturated carbocycles. The number of hydrogen-bond donors (Lipinski definition) is 1. The Morgan fingerprint density at radius 2 is 1.78 bits per heavy atom. The van der Waals surface area contributed by atoms with Crippen molar-refractivity contribution in [2.24, 2.45) is 5.92 Å². The Morgan fingerprint density at radius 3 is 2.22 bits per heavy atom. The Bertz CT molecular complexity index is 230. The fraction of sp³-hybridized carbons (Fsp3) is 0.929. The molecule has 0 heterocycles. The molecule has 0 saturated heterocycles. The molecule has 4 heteroatoms. The number of hydrogen-bond acceptors (Lipinski definition) is 2. The number of carbonyl (C=O) groups is 1. The average Bonchev–Trinajstić information content (AvgIpc) is 2.33. The van der Waals surface area contributed by atoms with Crippen LogP contribution in [0.25, 0.3) is 0 Å². The summed E-state index contributed by atoms with van der Waals surface area (Å²) < 4.78 is 0. The summed E-state index contributed by atoms with van der Waals surface area (Å²) in [6, 6.07) is 0.256. The van der Waals surface area contributed by atoms with Crippen LogP contribution in [-0.4, -0.2) is 41.3 Å². The Labute approximate surface area is 121 Å². The van der Waals surface area contributed by atoms with Gasteiger partial charge in [0.1, 0.15) is 0 Å². The second-order valence-electron chi connectivity index (χ2n) is 5.22. The van der Waals surface area contributed by atoms with Crippen LogP contribution in [-0.2, 0) is 4.79 Å². The van der Waals surface area contributed by atoms with Crippen molar-refractivity contribution < 1.29 is 4.79 Å². The van der Waals surface area contributed by atoms with Crippen LogP contribution in [0.15, 0.2) is 0 Å². The highest BCUT2D eigenvalue weighted by atomic mass is 79.9. The summed E-state index contributed by atoms with van der Waals surface area (Å²) in [4.78, 5) is 14.2. The minimum atomic E-state index is -0.0808. The summed E-state index contributed by atoms with van der Waals surface area (Å²) in [6.07, 6.45) is 2.18. The molecule has 0 spiro atoms. The van der Waals surface area contributed by atoms with Gasteiger partial charge in [0.2, 0.25) is 5.91 Å². The quantitative estimate of drug-likeness (QED) is 0.662. The van der Waals surface area contributed by atoms with Crippen molar-refractivity contribution in [3.05, 3.63) is 0 Å². The van der Waals surface area contributed by atoms with Crippen LogP contribution in [0.5, 0.6) is 0 Å². The molecule has 3 nitrogen and oxygen atoms in total. The molecule has 108 valence electrons. The topological polar surface area (TPSA) is 32.3 Å². The van der Waals surface area contributed by atoms with E-state index >= 15 is 0 Å². The van der Waals surface area contributed by atoms with Gasteiger partial charge in [-0.25, -0.2) is 0 Å². The van der Waals surface area contributed by atoms with E-state index < -0.39 is 0 Å². The molecule has 0 aromatic heterocycles. The molecule has 0 aromatic rings. The van der Waals surface area contributed by atoms with Crippen LogP contribution < -0.4 is 5.32 Å². The molecule has 0 rings (SSSR count). The van der Waals surface area contributed by atoms with Crippen molar-refractivity contribution in [3.8, 4) is 0 Å². The molecular weight excluding hydrogens is 292 g/mol. The van der Waals surface area contributed by atoms with E-state index in [1.165, 1.54) is 0 Å². The summed E-state index contributed by atoms with van der Waals surface area (Å²) in [7, 11) is 0. The van der Waals surface area contributed by atoms with E-state index in [0.717, 1.165) is 32.5 Å². The number of amides is 1.